The third-order valence-corrected chi connectivity index (χ3v) is 3.11. The molecule has 2 aromatic heterocycles. The van der Waals surface area contributed by atoms with Gasteiger partial charge in [0.1, 0.15) is 12.4 Å². The van der Waals surface area contributed by atoms with Gasteiger partial charge in [0.15, 0.2) is 0 Å². The largest absolute Gasteiger partial charge is 0.417 e. The lowest BCUT2D eigenvalue weighted by Gasteiger charge is -2.12. The van der Waals surface area contributed by atoms with Crippen LogP contribution < -0.4 is 15.8 Å². The lowest BCUT2D eigenvalue weighted by Crippen LogP contribution is -2.28. The van der Waals surface area contributed by atoms with E-state index in [4.69, 9.17) is 0 Å². The number of hydrogen-bond donors (Lipinski definition) is 1. The summed E-state index contributed by atoms with van der Waals surface area (Å²) in [5.74, 6) is 0.0536. The van der Waals surface area contributed by atoms with Crippen LogP contribution in [0.25, 0.3) is 0 Å². The molecule has 0 fully saturated rings. The van der Waals surface area contributed by atoms with Crippen molar-refractivity contribution < 1.29 is 18.0 Å². The van der Waals surface area contributed by atoms with Crippen molar-refractivity contribution >= 4 is 17.4 Å². The second-order valence-corrected chi connectivity index (χ2v) is 5.23. The van der Waals surface area contributed by atoms with Gasteiger partial charge < -0.3 is 14.8 Å². The van der Waals surface area contributed by atoms with Crippen LogP contribution in [0.2, 0.25) is 0 Å². The second-order valence-electron chi connectivity index (χ2n) is 5.23. The third-order valence-electron chi connectivity index (χ3n) is 3.11. The van der Waals surface area contributed by atoms with E-state index in [0.717, 1.165) is 6.07 Å². The van der Waals surface area contributed by atoms with Crippen molar-refractivity contribution in [2.24, 2.45) is 0 Å². The van der Waals surface area contributed by atoms with Crippen LogP contribution in [0.5, 0.6) is 0 Å². The highest BCUT2D eigenvalue weighted by Crippen LogP contribution is 2.28. The fraction of sp³-hybridized carbons (Fsp3) is 0.267. The molecule has 128 valence electrons. The number of halogens is 3. The molecule has 1 N–H and O–H groups in total. The molecule has 0 atom stereocenters. The Labute approximate surface area is 135 Å². The van der Waals surface area contributed by atoms with Crippen LogP contribution in [0, 0.1) is 0 Å². The van der Waals surface area contributed by atoms with Gasteiger partial charge in [-0.05, 0) is 18.2 Å². The fourth-order valence-corrected chi connectivity index (χ4v) is 1.90. The highest BCUT2D eigenvalue weighted by Gasteiger charge is 2.31. The first-order valence-corrected chi connectivity index (χ1v) is 6.88. The zero-order valence-electron chi connectivity index (χ0n) is 13.0. The summed E-state index contributed by atoms with van der Waals surface area (Å²) in [5.41, 5.74) is -1.31. The maximum Gasteiger partial charge on any atom is 0.417 e. The number of pyridine rings is 2. The van der Waals surface area contributed by atoms with E-state index in [9.17, 15) is 22.8 Å². The Balaban J connectivity index is 2.11. The van der Waals surface area contributed by atoms with Crippen LogP contribution in [0.4, 0.5) is 24.7 Å². The number of rotatable bonds is 4. The predicted octanol–water partition coefficient (Wildman–Crippen LogP) is 1.97. The summed E-state index contributed by atoms with van der Waals surface area (Å²) in [7, 11) is 3.61. The molecule has 2 aromatic rings. The molecule has 9 heteroatoms. The monoisotopic (exact) mass is 340 g/mol. The molecular formula is C15H15F3N4O2. The maximum atomic E-state index is 12.7. The number of amides is 1. The number of hydrogen-bond acceptors (Lipinski definition) is 4. The molecule has 0 unspecified atom stereocenters. The van der Waals surface area contributed by atoms with Crippen molar-refractivity contribution in [2.45, 2.75) is 12.7 Å². The minimum absolute atomic E-state index is 0.380. The predicted molar refractivity (Wildman–Crippen MR) is 82.9 cm³/mol. The molecule has 2 heterocycles. The lowest BCUT2D eigenvalue weighted by atomic mass is 10.2. The molecule has 0 aliphatic carbocycles. The van der Waals surface area contributed by atoms with Crippen molar-refractivity contribution in [3.8, 4) is 0 Å². The normalized spacial score (nSPS) is 11.2. The van der Waals surface area contributed by atoms with Gasteiger partial charge in [-0.25, -0.2) is 4.98 Å². The standard InChI is InChI=1S/C15H15F3N4O2/c1-21(2)12-5-4-11(7-19-12)20-13(23)9-22-8-10(15(16,17)18)3-6-14(22)24/h3-8H,9H2,1-2H3,(H,20,23). The van der Waals surface area contributed by atoms with Crippen LogP contribution in [0.3, 0.4) is 0 Å². The molecule has 2 rings (SSSR count). The summed E-state index contributed by atoms with van der Waals surface area (Å²) in [6.45, 7) is -0.530. The lowest BCUT2D eigenvalue weighted by molar-refractivity contribution is -0.138. The summed E-state index contributed by atoms with van der Waals surface area (Å²) in [5, 5.41) is 2.48. The van der Waals surface area contributed by atoms with Gasteiger partial charge in [-0.15, -0.1) is 0 Å². The number of anilines is 2. The van der Waals surface area contributed by atoms with Crippen LogP contribution in [-0.2, 0) is 17.5 Å². The van der Waals surface area contributed by atoms with Crippen molar-refractivity contribution in [1.29, 1.82) is 0 Å². The van der Waals surface area contributed by atoms with Gasteiger partial charge >= 0.3 is 6.18 Å². The van der Waals surface area contributed by atoms with Gasteiger partial charge in [-0.3, -0.25) is 9.59 Å². The summed E-state index contributed by atoms with van der Waals surface area (Å²) in [4.78, 5) is 29.4. The first-order valence-electron chi connectivity index (χ1n) is 6.88. The second kappa shape index (κ2) is 6.73. The number of aromatic nitrogens is 2. The fourth-order valence-electron chi connectivity index (χ4n) is 1.90. The maximum absolute atomic E-state index is 12.7. The van der Waals surface area contributed by atoms with E-state index in [1.54, 1.807) is 31.1 Å². The van der Waals surface area contributed by atoms with Crippen LogP contribution in [-0.4, -0.2) is 29.6 Å². The van der Waals surface area contributed by atoms with Crippen molar-refractivity contribution in [1.82, 2.24) is 9.55 Å². The Morgan fingerprint density at radius 2 is 1.96 bits per heavy atom. The molecule has 0 radical (unpaired) electrons. The summed E-state index contributed by atoms with van der Waals surface area (Å²) < 4.78 is 38.7. The molecular weight excluding hydrogens is 325 g/mol. The Morgan fingerprint density at radius 3 is 2.50 bits per heavy atom. The Hall–Kier alpha value is -2.84. The van der Waals surface area contributed by atoms with Gasteiger partial charge in [0, 0.05) is 26.4 Å². The van der Waals surface area contributed by atoms with E-state index in [-0.39, 0.29) is 0 Å². The van der Waals surface area contributed by atoms with Crippen molar-refractivity contribution in [3.63, 3.8) is 0 Å². The van der Waals surface area contributed by atoms with Crippen LogP contribution >= 0.6 is 0 Å². The number of alkyl halides is 3. The molecule has 0 spiro atoms. The van der Waals surface area contributed by atoms with Crippen molar-refractivity contribution in [3.05, 3.63) is 52.6 Å². The molecule has 24 heavy (non-hydrogen) atoms. The first-order chi connectivity index (χ1) is 11.2. The third kappa shape index (κ3) is 4.34. The topological polar surface area (TPSA) is 67.2 Å². The Bertz CT molecular complexity index is 783. The SMILES string of the molecule is CN(C)c1ccc(NC(=O)Cn2cc(C(F)(F)F)ccc2=O)cn1. The average Bonchev–Trinajstić information content (AvgIpc) is 2.48. The van der Waals surface area contributed by atoms with E-state index in [1.807, 2.05) is 0 Å². The molecule has 0 bridgehead atoms. The van der Waals surface area contributed by atoms with Gasteiger partial charge in [-0.1, -0.05) is 0 Å². The van der Waals surface area contributed by atoms with Crippen molar-refractivity contribution in [2.75, 3.05) is 24.3 Å². The van der Waals surface area contributed by atoms with E-state index in [0.29, 0.717) is 28.3 Å². The number of nitrogens with one attached hydrogen (secondary N) is 1. The van der Waals surface area contributed by atoms with Crippen LogP contribution in [0.1, 0.15) is 5.56 Å². The average molecular weight is 340 g/mol. The van der Waals surface area contributed by atoms with E-state index >= 15 is 0 Å². The number of nitrogens with zero attached hydrogens (tertiary/aromatic N) is 3. The molecule has 0 aromatic carbocycles. The highest BCUT2D eigenvalue weighted by atomic mass is 19.4. The van der Waals surface area contributed by atoms with E-state index in [2.05, 4.69) is 10.3 Å². The minimum Gasteiger partial charge on any atom is -0.363 e. The zero-order valence-corrected chi connectivity index (χ0v) is 13.0. The summed E-state index contributed by atoms with van der Waals surface area (Å²) in [6, 6.07) is 4.74. The molecule has 0 aliphatic heterocycles. The molecule has 0 saturated carbocycles. The Morgan fingerprint density at radius 1 is 1.25 bits per heavy atom. The number of carbonyl (C=O) groups excluding carboxylic acids is 1. The Kier molecular flexibility index (Phi) is 4.91. The smallest absolute Gasteiger partial charge is 0.363 e. The van der Waals surface area contributed by atoms with E-state index in [1.165, 1.54) is 6.20 Å². The van der Waals surface area contributed by atoms with Gasteiger partial charge in [-0.2, -0.15) is 13.2 Å². The van der Waals surface area contributed by atoms with E-state index < -0.39 is 29.8 Å². The first kappa shape index (κ1) is 17.5. The van der Waals surface area contributed by atoms with Crippen LogP contribution in [0.15, 0.2) is 41.5 Å². The van der Waals surface area contributed by atoms with Gasteiger partial charge in [0.05, 0.1) is 17.4 Å². The number of carbonyl (C=O) groups is 1. The van der Waals surface area contributed by atoms with Gasteiger partial charge in [0.2, 0.25) is 5.91 Å². The quantitative estimate of drug-likeness (QED) is 0.924. The highest BCUT2D eigenvalue weighted by molar-refractivity contribution is 5.90. The zero-order chi connectivity index (χ0) is 17.9. The molecule has 0 saturated heterocycles. The molecule has 1 amide bonds. The molecule has 0 aliphatic rings. The summed E-state index contributed by atoms with van der Waals surface area (Å²) in [6.07, 6.45) is -2.55. The summed E-state index contributed by atoms with van der Waals surface area (Å²) >= 11 is 0. The minimum atomic E-state index is -4.59. The van der Waals surface area contributed by atoms with Gasteiger partial charge in [0.25, 0.3) is 5.56 Å². The molecule has 6 nitrogen and oxygen atoms in total.